The van der Waals surface area contributed by atoms with E-state index in [9.17, 15) is 19.5 Å². The van der Waals surface area contributed by atoms with E-state index in [4.69, 9.17) is 0 Å². The normalized spacial score (nSPS) is 27.7. The standard InChI is InChI=1S/C15H20N4O4/c1-17-6-5-10-7-19(9-15(10,8-17)14(22)23)13(21)11-3-4-12(20)18(2)16-11/h3-4,10H,5-9H2,1-2H3,(H,22,23)/t10-,15-/m0/s1. The predicted molar refractivity (Wildman–Crippen MR) is 81.1 cm³/mol. The molecule has 0 unspecified atom stereocenters. The van der Waals surface area contributed by atoms with Crippen molar-refractivity contribution >= 4 is 11.9 Å². The van der Waals surface area contributed by atoms with E-state index in [1.165, 1.54) is 19.2 Å². The SMILES string of the molecule is CN1CC[C@H]2CN(C(=O)c3ccc(=O)n(C)n3)C[C@@]2(C(=O)O)C1. The first kappa shape index (κ1) is 15.7. The van der Waals surface area contributed by atoms with Crippen molar-refractivity contribution < 1.29 is 14.7 Å². The van der Waals surface area contributed by atoms with Gasteiger partial charge in [0.25, 0.3) is 11.5 Å². The van der Waals surface area contributed by atoms with E-state index in [1.54, 1.807) is 4.90 Å². The van der Waals surface area contributed by atoms with Crippen molar-refractivity contribution in [1.29, 1.82) is 0 Å². The van der Waals surface area contributed by atoms with Gasteiger partial charge in [-0.1, -0.05) is 0 Å². The highest BCUT2D eigenvalue weighted by molar-refractivity contribution is 5.93. The molecule has 3 rings (SSSR count). The molecule has 3 heterocycles. The van der Waals surface area contributed by atoms with Crippen LogP contribution in [0.15, 0.2) is 16.9 Å². The van der Waals surface area contributed by atoms with Gasteiger partial charge in [0, 0.05) is 32.7 Å². The van der Waals surface area contributed by atoms with Crippen molar-refractivity contribution in [3.05, 3.63) is 28.2 Å². The summed E-state index contributed by atoms with van der Waals surface area (Å²) in [4.78, 5) is 39.5. The van der Waals surface area contributed by atoms with Gasteiger partial charge in [-0.25, -0.2) is 4.68 Å². The average Bonchev–Trinajstić information content (AvgIpc) is 2.89. The topological polar surface area (TPSA) is 95.7 Å². The van der Waals surface area contributed by atoms with Crippen LogP contribution in [0.1, 0.15) is 16.9 Å². The summed E-state index contributed by atoms with van der Waals surface area (Å²) in [5, 5.41) is 13.7. The Labute approximate surface area is 133 Å². The molecule has 124 valence electrons. The highest BCUT2D eigenvalue weighted by atomic mass is 16.4. The summed E-state index contributed by atoms with van der Waals surface area (Å²) in [5.74, 6) is -1.22. The summed E-state index contributed by atoms with van der Waals surface area (Å²) in [6.45, 7) is 1.88. The lowest BCUT2D eigenvalue weighted by molar-refractivity contribution is -0.153. The van der Waals surface area contributed by atoms with Gasteiger partial charge in [0.15, 0.2) is 0 Å². The Hall–Kier alpha value is -2.22. The minimum atomic E-state index is -0.913. The smallest absolute Gasteiger partial charge is 0.313 e. The van der Waals surface area contributed by atoms with E-state index >= 15 is 0 Å². The maximum absolute atomic E-state index is 12.6. The number of amides is 1. The molecule has 0 aliphatic carbocycles. The second kappa shape index (κ2) is 5.45. The third-order valence-electron chi connectivity index (χ3n) is 5.00. The van der Waals surface area contributed by atoms with Gasteiger partial charge in [-0.15, -0.1) is 0 Å². The molecule has 1 aromatic heterocycles. The Morgan fingerprint density at radius 1 is 1.30 bits per heavy atom. The minimum Gasteiger partial charge on any atom is -0.481 e. The molecule has 0 radical (unpaired) electrons. The van der Waals surface area contributed by atoms with Crippen LogP contribution in [0.5, 0.6) is 0 Å². The van der Waals surface area contributed by atoms with Crippen LogP contribution in [0.2, 0.25) is 0 Å². The molecule has 2 aliphatic rings. The summed E-state index contributed by atoms with van der Waals surface area (Å²) in [6, 6.07) is 2.69. The van der Waals surface area contributed by atoms with E-state index in [0.717, 1.165) is 17.6 Å². The molecule has 8 nitrogen and oxygen atoms in total. The summed E-state index contributed by atoms with van der Waals surface area (Å²) in [7, 11) is 3.39. The predicted octanol–water partition coefficient (Wildman–Crippen LogP) is -0.741. The Morgan fingerprint density at radius 2 is 2.04 bits per heavy atom. The van der Waals surface area contributed by atoms with E-state index in [-0.39, 0.29) is 29.6 Å². The van der Waals surface area contributed by atoms with E-state index in [0.29, 0.717) is 13.1 Å². The van der Waals surface area contributed by atoms with Crippen molar-refractivity contribution in [3.8, 4) is 0 Å². The van der Waals surface area contributed by atoms with Gasteiger partial charge < -0.3 is 14.9 Å². The fourth-order valence-corrected chi connectivity index (χ4v) is 3.70. The molecule has 2 aliphatic heterocycles. The number of carboxylic acid groups (broad SMARTS) is 1. The number of rotatable bonds is 2. The molecule has 0 bridgehead atoms. The Bertz CT molecular complexity index is 716. The highest BCUT2D eigenvalue weighted by Gasteiger charge is 2.55. The monoisotopic (exact) mass is 320 g/mol. The molecule has 8 heteroatoms. The first-order valence-corrected chi connectivity index (χ1v) is 7.59. The van der Waals surface area contributed by atoms with E-state index in [2.05, 4.69) is 5.10 Å². The van der Waals surface area contributed by atoms with E-state index < -0.39 is 11.4 Å². The van der Waals surface area contributed by atoms with Crippen molar-refractivity contribution in [2.45, 2.75) is 6.42 Å². The molecule has 23 heavy (non-hydrogen) atoms. The summed E-state index contributed by atoms with van der Waals surface area (Å²) in [5.41, 5.74) is -1.04. The van der Waals surface area contributed by atoms with Crippen LogP contribution in [-0.2, 0) is 11.8 Å². The van der Waals surface area contributed by atoms with Gasteiger partial charge in [0.1, 0.15) is 11.1 Å². The van der Waals surface area contributed by atoms with Crippen LogP contribution in [0.3, 0.4) is 0 Å². The largest absolute Gasteiger partial charge is 0.481 e. The quantitative estimate of drug-likeness (QED) is 0.771. The second-order valence-electron chi connectivity index (χ2n) is 6.55. The summed E-state index contributed by atoms with van der Waals surface area (Å²) >= 11 is 0. The number of hydrogen-bond acceptors (Lipinski definition) is 5. The first-order chi connectivity index (χ1) is 10.8. The van der Waals surface area contributed by atoms with Gasteiger partial charge in [-0.05, 0) is 32.0 Å². The zero-order valence-electron chi connectivity index (χ0n) is 13.2. The third kappa shape index (κ3) is 2.52. The molecule has 0 spiro atoms. The summed E-state index contributed by atoms with van der Waals surface area (Å²) in [6.07, 6.45) is 0.757. The number of fused-ring (bicyclic) bond motifs is 1. The van der Waals surface area contributed by atoms with Crippen LogP contribution in [0.4, 0.5) is 0 Å². The number of carboxylic acids is 1. The molecule has 2 fully saturated rings. The molecule has 1 amide bonds. The number of aromatic nitrogens is 2. The van der Waals surface area contributed by atoms with E-state index in [1.807, 2.05) is 11.9 Å². The minimum absolute atomic E-state index is 0.0484. The number of piperidine rings is 1. The molecule has 2 saturated heterocycles. The maximum atomic E-state index is 12.6. The summed E-state index contributed by atoms with van der Waals surface area (Å²) < 4.78 is 1.11. The molecular formula is C15H20N4O4. The molecular weight excluding hydrogens is 300 g/mol. The van der Waals surface area contributed by atoms with Gasteiger partial charge in [0.05, 0.1) is 0 Å². The van der Waals surface area contributed by atoms with Crippen molar-refractivity contribution in [2.24, 2.45) is 18.4 Å². The number of hydrogen-bond donors (Lipinski definition) is 1. The van der Waals surface area contributed by atoms with Gasteiger partial charge >= 0.3 is 5.97 Å². The molecule has 1 N–H and O–H groups in total. The lowest BCUT2D eigenvalue weighted by Crippen LogP contribution is -2.52. The lowest BCUT2D eigenvalue weighted by Gasteiger charge is -2.39. The highest BCUT2D eigenvalue weighted by Crippen LogP contribution is 2.42. The van der Waals surface area contributed by atoms with Crippen LogP contribution in [-0.4, -0.2) is 69.8 Å². The van der Waals surface area contributed by atoms with Crippen LogP contribution in [0.25, 0.3) is 0 Å². The Kier molecular flexibility index (Phi) is 3.71. The van der Waals surface area contributed by atoms with Crippen molar-refractivity contribution in [3.63, 3.8) is 0 Å². The van der Waals surface area contributed by atoms with Gasteiger partial charge in [-0.3, -0.25) is 14.4 Å². The number of nitrogens with zero attached hydrogens (tertiary/aromatic N) is 4. The van der Waals surface area contributed by atoms with Gasteiger partial charge in [0.2, 0.25) is 0 Å². The Balaban J connectivity index is 1.87. The first-order valence-electron chi connectivity index (χ1n) is 7.59. The number of carbonyl (C=O) groups is 2. The maximum Gasteiger partial charge on any atom is 0.313 e. The van der Waals surface area contributed by atoms with Crippen molar-refractivity contribution in [1.82, 2.24) is 19.6 Å². The Morgan fingerprint density at radius 3 is 2.70 bits per heavy atom. The zero-order valence-corrected chi connectivity index (χ0v) is 13.2. The second-order valence-corrected chi connectivity index (χ2v) is 6.55. The molecule has 0 saturated carbocycles. The third-order valence-corrected chi connectivity index (χ3v) is 5.00. The number of likely N-dealkylation sites (tertiary alicyclic amines) is 2. The fraction of sp³-hybridized carbons (Fsp3) is 0.600. The number of aliphatic carboxylic acids is 1. The van der Waals surface area contributed by atoms with Crippen LogP contribution >= 0.6 is 0 Å². The average molecular weight is 320 g/mol. The lowest BCUT2D eigenvalue weighted by atomic mass is 9.73. The van der Waals surface area contributed by atoms with Crippen LogP contribution < -0.4 is 5.56 Å². The van der Waals surface area contributed by atoms with Gasteiger partial charge in [-0.2, -0.15) is 5.10 Å². The zero-order chi connectivity index (χ0) is 16.8. The molecule has 1 aromatic rings. The van der Waals surface area contributed by atoms with Crippen LogP contribution in [0, 0.1) is 11.3 Å². The fourth-order valence-electron chi connectivity index (χ4n) is 3.70. The number of carbonyl (C=O) groups excluding carboxylic acids is 1. The number of aryl methyl sites for hydroxylation is 1. The van der Waals surface area contributed by atoms with Crippen molar-refractivity contribution in [2.75, 3.05) is 33.2 Å². The molecule has 2 atom stereocenters. The molecule has 0 aromatic carbocycles.